The first-order valence-corrected chi connectivity index (χ1v) is 19.9. The quantitative estimate of drug-likeness (QED) is 0.0548. The summed E-state index contributed by atoms with van der Waals surface area (Å²) in [4.78, 5) is 17.5. The molecule has 6 aromatic carbocycles. The molecule has 1 aromatic heterocycles. The molecule has 3 atom stereocenters. The lowest BCUT2D eigenvalue weighted by atomic mass is 9.99. The number of thioether (sulfide) groups is 1. The van der Waals surface area contributed by atoms with Crippen LogP contribution in [0.2, 0.25) is 0 Å². The average molecular weight is 835 g/mol. The molecule has 2 heterocycles. The van der Waals surface area contributed by atoms with E-state index in [-0.39, 0.29) is 25.4 Å². The summed E-state index contributed by atoms with van der Waals surface area (Å²) in [5.41, 5.74) is 5.40. The molecule has 0 saturated carbocycles. The zero-order valence-corrected chi connectivity index (χ0v) is 32.4. The van der Waals surface area contributed by atoms with Gasteiger partial charge in [0.25, 0.3) is 11.1 Å². The van der Waals surface area contributed by atoms with E-state index in [9.17, 15) is 31.9 Å². The van der Waals surface area contributed by atoms with Gasteiger partial charge in [0, 0.05) is 35.4 Å². The van der Waals surface area contributed by atoms with Gasteiger partial charge in [-0.1, -0.05) is 133 Å². The molecule has 1 aliphatic heterocycles. The van der Waals surface area contributed by atoms with Crippen LogP contribution in [-0.2, 0) is 22.6 Å². The van der Waals surface area contributed by atoms with Crippen LogP contribution in [0.25, 0.3) is 33.7 Å². The summed E-state index contributed by atoms with van der Waals surface area (Å²) in [7, 11) is 0. The molecule has 1 saturated heterocycles. The van der Waals surface area contributed by atoms with Crippen LogP contribution in [0.3, 0.4) is 0 Å². The van der Waals surface area contributed by atoms with Crippen LogP contribution in [-0.4, -0.2) is 27.9 Å². The smallest absolute Gasteiger partial charge is 0.257 e. The van der Waals surface area contributed by atoms with Crippen LogP contribution in [0.15, 0.2) is 143 Å². The highest BCUT2D eigenvalue weighted by molar-refractivity contribution is 7.99. The molecule has 0 radical (unpaired) electrons. The fraction of sp³-hybridized carbons (Fsp3) is 0.149. The molecule has 8 rings (SSSR count). The Hall–Kier alpha value is -6.12. The normalized spacial score (nSPS) is 16.5. The Morgan fingerprint density at radius 1 is 0.667 bits per heavy atom. The van der Waals surface area contributed by atoms with E-state index < -0.39 is 46.8 Å². The highest BCUT2D eigenvalue weighted by atomic mass is 32.2. The Bertz CT molecular complexity index is 2540. The monoisotopic (exact) mass is 834 g/mol. The maximum Gasteiger partial charge on any atom is 0.257 e. The number of aliphatic hydroxyl groups is 1. The first-order valence-electron chi connectivity index (χ1n) is 18.9. The van der Waals surface area contributed by atoms with Crippen molar-refractivity contribution in [1.29, 1.82) is 0 Å². The number of hydrogen-bond donors (Lipinski definition) is 2. The minimum atomic E-state index is -2.34. The number of nitrogens with zero attached hydrogens (tertiary/aromatic N) is 1. The maximum atomic E-state index is 14.3. The van der Waals surface area contributed by atoms with E-state index in [1.165, 1.54) is 11.8 Å². The summed E-state index contributed by atoms with van der Waals surface area (Å²) < 4.78 is 89.2. The van der Waals surface area contributed by atoms with E-state index in [1.807, 2.05) is 115 Å². The Morgan fingerprint density at radius 3 is 1.97 bits per heavy atom. The number of nitrogens with one attached hydrogen (secondary N) is 1. The second-order valence-corrected chi connectivity index (χ2v) is 15.0. The van der Waals surface area contributed by atoms with Crippen molar-refractivity contribution in [2.75, 3.05) is 5.75 Å². The molecule has 13 heteroatoms. The van der Waals surface area contributed by atoms with Gasteiger partial charge in [-0.05, 0) is 39.9 Å². The van der Waals surface area contributed by atoms with Crippen molar-refractivity contribution >= 4 is 17.7 Å². The molecule has 1 aliphatic rings. The van der Waals surface area contributed by atoms with E-state index >= 15 is 0 Å². The van der Waals surface area contributed by atoms with Gasteiger partial charge < -0.3 is 24.3 Å². The van der Waals surface area contributed by atoms with Gasteiger partial charge in [-0.15, -0.1) is 0 Å². The molecule has 3 unspecified atom stereocenters. The Balaban J connectivity index is 1.02. The predicted octanol–water partition coefficient (Wildman–Crippen LogP) is 11.1. The Morgan fingerprint density at radius 2 is 1.28 bits per heavy atom. The fourth-order valence-corrected chi connectivity index (χ4v) is 7.77. The lowest BCUT2D eigenvalue weighted by Crippen LogP contribution is -2.31. The van der Waals surface area contributed by atoms with Gasteiger partial charge in [0.05, 0.1) is 18.8 Å². The lowest BCUT2D eigenvalue weighted by molar-refractivity contribution is -0.245. The van der Waals surface area contributed by atoms with E-state index in [0.717, 1.165) is 39.1 Å². The first kappa shape index (κ1) is 40.7. The number of carbonyl (C=O) groups is 1. The van der Waals surface area contributed by atoms with Gasteiger partial charge in [0.1, 0.15) is 11.3 Å². The molecular formula is C47H35F5N2O5S. The van der Waals surface area contributed by atoms with E-state index in [0.29, 0.717) is 34.3 Å². The highest BCUT2D eigenvalue weighted by Gasteiger charge is 2.33. The summed E-state index contributed by atoms with van der Waals surface area (Å²) in [6.07, 6.45) is -0.936. The molecule has 7 aromatic rings. The largest absolute Gasteiger partial charge is 0.431 e. The minimum Gasteiger partial charge on any atom is -0.431 e. The number of benzene rings is 6. The third-order valence-corrected chi connectivity index (χ3v) is 11.0. The van der Waals surface area contributed by atoms with Crippen LogP contribution in [0.1, 0.15) is 51.4 Å². The average Bonchev–Trinajstić information content (AvgIpc) is 3.74. The van der Waals surface area contributed by atoms with Gasteiger partial charge in [0.2, 0.25) is 5.82 Å². The number of ether oxygens (including phenoxy) is 2. The molecule has 0 aliphatic carbocycles. The van der Waals surface area contributed by atoms with Gasteiger partial charge in [-0.25, -0.2) is 26.9 Å². The highest BCUT2D eigenvalue weighted by Crippen LogP contribution is 2.42. The third kappa shape index (κ3) is 8.75. The molecule has 0 spiro atoms. The van der Waals surface area contributed by atoms with E-state index in [4.69, 9.17) is 18.9 Å². The summed E-state index contributed by atoms with van der Waals surface area (Å²) in [5, 5.41) is 12.4. The summed E-state index contributed by atoms with van der Waals surface area (Å²) in [6.45, 7) is -0.352. The van der Waals surface area contributed by atoms with E-state index in [1.54, 1.807) is 18.2 Å². The van der Waals surface area contributed by atoms with Crippen molar-refractivity contribution in [1.82, 2.24) is 10.3 Å². The van der Waals surface area contributed by atoms with Gasteiger partial charge in [0.15, 0.2) is 35.3 Å². The van der Waals surface area contributed by atoms with Crippen LogP contribution in [0, 0.1) is 29.1 Å². The number of amides is 1. The number of aromatic nitrogens is 1. The number of hydrogen-bond acceptors (Lipinski definition) is 7. The fourth-order valence-electron chi connectivity index (χ4n) is 6.93. The lowest BCUT2D eigenvalue weighted by Gasteiger charge is -2.36. The van der Waals surface area contributed by atoms with Crippen molar-refractivity contribution in [3.05, 3.63) is 190 Å². The molecular weight excluding hydrogens is 800 g/mol. The molecule has 1 amide bonds. The molecule has 0 bridgehead atoms. The molecule has 304 valence electrons. The van der Waals surface area contributed by atoms with Crippen molar-refractivity contribution in [3.63, 3.8) is 0 Å². The SMILES string of the molecule is O=C(NCc1cccc(-c2cccc(C3OC(CSc4nc(-c5ccccc5)c(-c5ccccc5)o4)CC(c4ccc(CO)cc4)O3)c2)c1)c1c(F)c(F)c(F)c(F)c1F. The van der Waals surface area contributed by atoms with Crippen molar-refractivity contribution in [2.24, 2.45) is 0 Å². The Labute approximate surface area is 345 Å². The Kier molecular flexibility index (Phi) is 12.2. The third-order valence-electron chi connectivity index (χ3n) is 10.0. The predicted molar refractivity (Wildman–Crippen MR) is 216 cm³/mol. The molecule has 7 nitrogen and oxygen atoms in total. The number of carbonyl (C=O) groups excluding carboxylic acids is 1. The van der Waals surface area contributed by atoms with Crippen LogP contribution in [0.5, 0.6) is 0 Å². The second-order valence-electron chi connectivity index (χ2n) is 14.0. The van der Waals surface area contributed by atoms with Gasteiger partial charge >= 0.3 is 0 Å². The topological polar surface area (TPSA) is 93.8 Å². The first-order chi connectivity index (χ1) is 29.2. The van der Waals surface area contributed by atoms with Crippen molar-refractivity contribution in [2.45, 2.75) is 43.3 Å². The summed E-state index contributed by atoms with van der Waals surface area (Å²) in [6, 6.07) is 41.7. The summed E-state index contributed by atoms with van der Waals surface area (Å²) >= 11 is 1.45. The van der Waals surface area contributed by atoms with Crippen molar-refractivity contribution in [3.8, 4) is 33.7 Å². The zero-order valence-electron chi connectivity index (χ0n) is 31.6. The molecule has 2 N–H and O–H groups in total. The second kappa shape index (κ2) is 18.0. The molecule has 1 fully saturated rings. The van der Waals surface area contributed by atoms with Crippen LogP contribution < -0.4 is 5.32 Å². The van der Waals surface area contributed by atoms with E-state index in [2.05, 4.69) is 5.32 Å². The number of oxazole rings is 1. The maximum absolute atomic E-state index is 14.3. The van der Waals surface area contributed by atoms with Crippen molar-refractivity contribution < 1.29 is 45.7 Å². The van der Waals surface area contributed by atoms with Crippen LogP contribution in [0.4, 0.5) is 22.0 Å². The van der Waals surface area contributed by atoms with Crippen LogP contribution >= 0.6 is 11.8 Å². The number of aliphatic hydroxyl groups excluding tert-OH is 1. The zero-order chi connectivity index (χ0) is 41.8. The van der Waals surface area contributed by atoms with Gasteiger partial charge in [-0.2, -0.15) is 0 Å². The molecule has 60 heavy (non-hydrogen) atoms. The summed E-state index contributed by atoms with van der Waals surface area (Å²) in [5.74, 6) is -11.5. The standard InChI is InChI=1S/C47H35F5N2O5S/c48-38-37(39(49)41(51)42(52)40(38)50)45(56)53-24-28-9-7-14-32(21-28)33-15-8-16-34(22-33)46-57-35(23-36(58-46)29-19-17-27(25-55)18-20-29)26-60-47-54-43(30-10-3-1-4-11-30)44(59-47)31-12-5-2-6-13-31/h1-22,35-36,46,55H,23-26H2,(H,53,56). The number of rotatable bonds is 12. The number of halogens is 5. The van der Waals surface area contributed by atoms with Gasteiger partial charge in [-0.3, -0.25) is 4.79 Å². The minimum absolute atomic E-state index is 0.0887.